The number of anilines is 9. The number of fused-ring (bicyclic) bond motifs is 13. The number of aromatic nitrogens is 2. The van der Waals surface area contributed by atoms with Crippen molar-refractivity contribution in [3.05, 3.63) is 313 Å². The Balaban J connectivity index is 0.000000180. The maximum Gasteiger partial charge on any atom is 0.252 e. The Morgan fingerprint density at radius 3 is 1.16 bits per heavy atom. The van der Waals surface area contributed by atoms with Crippen molar-refractivity contribution in [3.63, 3.8) is 0 Å². The van der Waals surface area contributed by atoms with Crippen LogP contribution in [0.25, 0.3) is 75.2 Å². The summed E-state index contributed by atoms with van der Waals surface area (Å²) in [6.07, 6.45) is 6.16. The van der Waals surface area contributed by atoms with Crippen molar-refractivity contribution in [2.45, 2.75) is 144 Å². The molecule has 0 saturated heterocycles. The van der Waals surface area contributed by atoms with Crippen LogP contribution in [0.1, 0.15) is 144 Å². The van der Waals surface area contributed by atoms with Gasteiger partial charge in [0.05, 0.1) is 22.1 Å². The summed E-state index contributed by atoms with van der Waals surface area (Å²) in [6, 6.07) is 108. The molecule has 530 valence electrons. The molecule has 0 aliphatic carbocycles. The van der Waals surface area contributed by atoms with E-state index in [4.69, 9.17) is 0 Å². The smallest absolute Gasteiger partial charge is 0.252 e. The number of para-hydroxylation sites is 4. The largest absolute Gasteiger partial charge is 0.311 e. The van der Waals surface area contributed by atoms with Crippen molar-refractivity contribution in [2.75, 3.05) is 14.7 Å². The van der Waals surface area contributed by atoms with Crippen LogP contribution in [-0.2, 0) is 28.1 Å². The van der Waals surface area contributed by atoms with Crippen molar-refractivity contribution >= 4 is 149 Å². The summed E-state index contributed by atoms with van der Waals surface area (Å²) in [5, 5.41) is 7.76. The second-order valence-electron chi connectivity index (χ2n) is 34.0. The standard InChI is InChI=1S/C64H74BN3.C36H22N2S/c1-14-15-16-17-19-44-22-31-51(32-23-44)68-58-21-18-20-57-60(58)65(55-42-48(64(11,12)13)30-41-56(55)67(57)52-37-28-47(29-38-52)63(8,9)10)54-40-39-53(43-59(54)68)66(49-33-24-45(25-34-49)61(2,3)4)50-35-26-46(27-36-50)62(5,6)7;1-5-13-31-25(9-1)26-10-2-6-14-32(26)37(31)23-17-19-35-29(21-23)30-22-24(18-20-36(30)39-35)38-33-15-7-3-11-27(33)28-12-4-8-16-34(28)38/h18,20-43H,14-17,19H2,1-13H3;1-22H. The zero-order valence-corrected chi connectivity index (χ0v) is 65.2. The quantitative estimate of drug-likeness (QED) is 0.0898. The molecule has 13 aromatic carbocycles. The van der Waals surface area contributed by atoms with Gasteiger partial charge in [-0.05, 0) is 218 Å². The first-order chi connectivity index (χ1) is 51.6. The first-order valence-corrected chi connectivity index (χ1v) is 39.5. The molecule has 107 heavy (non-hydrogen) atoms. The lowest BCUT2D eigenvalue weighted by Gasteiger charge is -2.44. The number of hydrogen-bond acceptors (Lipinski definition) is 4. The Morgan fingerprint density at radius 2 is 0.710 bits per heavy atom. The molecule has 0 radical (unpaired) electrons. The van der Waals surface area contributed by atoms with Gasteiger partial charge in [-0.2, -0.15) is 0 Å². The van der Waals surface area contributed by atoms with Gasteiger partial charge in [0.15, 0.2) is 0 Å². The van der Waals surface area contributed by atoms with E-state index in [0.717, 1.165) is 23.5 Å². The van der Waals surface area contributed by atoms with Crippen LogP contribution in [0.3, 0.4) is 0 Å². The molecule has 0 saturated carbocycles. The minimum atomic E-state index is -0.0226. The van der Waals surface area contributed by atoms with E-state index < -0.39 is 0 Å². The average Bonchev–Trinajstić information content (AvgIpc) is 1.50. The summed E-state index contributed by atoms with van der Waals surface area (Å²) < 4.78 is 7.44. The van der Waals surface area contributed by atoms with Gasteiger partial charge < -0.3 is 23.8 Å². The minimum absolute atomic E-state index is 0.0207. The molecule has 0 amide bonds. The predicted molar refractivity (Wildman–Crippen MR) is 466 cm³/mol. The Morgan fingerprint density at radius 1 is 0.308 bits per heavy atom. The van der Waals surface area contributed by atoms with E-state index in [1.54, 1.807) is 0 Å². The molecule has 3 aromatic heterocycles. The van der Waals surface area contributed by atoms with E-state index in [2.05, 4.69) is 399 Å². The highest BCUT2D eigenvalue weighted by atomic mass is 32.1. The molecular weight excluding hydrogens is 1310 g/mol. The molecule has 2 aliphatic rings. The number of rotatable bonds is 12. The normalized spacial score (nSPS) is 13.0. The minimum Gasteiger partial charge on any atom is -0.311 e. The maximum absolute atomic E-state index is 2.57. The van der Waals surface area contributed by atoms with Gasteiger partial charge in [-0.3, -0.25) is 0 Å². The summed E-state index contributed by atoms with van der Waals surface area (Å²) in [6.45, 7) is 30.0. The van der Waals surface area contributed by atoms with Gasteiger partial charge in [0.2, 0.25) is 0 Å². The second-order valence-corrected chi connectivity index (χ2v) is 35.1. The average molecular weight is 1410 g/mol. The van der Waals surface area contributed by atoms with Gasteiger partial charge in [0, 0.05) is 104 Å². The fourth-order valence-corrected chi connectivity index (χ4v) is 17.9. The van der Waals surface area contributed by atoms with Gasteiger partial charge in [0.1, 0.15) is 0 Å². The lowest BCUT2D eigenvalue weighted by molar-refractivity contribution is 0.590. The maximum atomic E-state index is 2.57. The SMILES string of the molecule is CCCCCCc1ccc(N2c3cc(N(c4ccc(C(C)(C)C)cc4)c4ccc(C(C)(C)C)cc4)ccc3B3c4cc(C(C)(C)C)ccc4N(c4ccc(C(C)(C)C)cc4)c4cccc2c43)cc1.c1ccc2c(c1)c1ccccc1n2-c1ccc2sc3ccc(-n4c5ccccc5c5ccccc54)cc3c2c1. The molecule has 18 rings (SSSR count). The van der Waals surface area contributed by atoms with Crippen LogP contribution in [0.2, 0.25) is 0 Å². The van der Waals surface area contributed by atoms with Gasteiger partial charge in [-0.15, -0.1) is 11.3 Å². The van der Waals surface area contributed by atoms with Crippen LogP contribution in [0.5, 0.6) is 0 Å². The molecule has 7 heteroatoms. The highest BCUT2D eigenvalue weighted by molar-refractivity contribution is 7.25. The number of nitrogens with zero attached hydrogens (tertiary/aromatic N) is 5. The molecule has 16 aromatic rings. The highest BCUT2D eigenvalue weighted by Gasteiger charge is 2.44. The molecule has 2 aliphatic heterocycles. The van der Waals surface area contributed by atoms with Gasteiger partial charge >= 0.3 is 0 Å². The zero-order chi connectivity index (χ0) is 73.8. The number of benzene rings is 13. The topological polar surface area (TPSA) is 19.6 Å². The Bertz CT molecular complexity index is 5710. The summed E-state index contributed by atoms with van der Waals surface area (Å²) in [5.41, 5.74) is 28.9. The summed E-state index contributed by atoms with van der Waals surface area (Å²) in [4.78, 5) is 7.56. The van der Waals surface area contributed by atoms with Crippen LogP contribution in [0, 0.1) is 0 Å². The van der Waals surface area contributed by atoms with E-state index in [1.165, 1.54) is 179 Å². The lowest BCUT2D eigenvalue weighted by Crippen LogP contribution is -2.61. The number of thiophene rings is 1. The number of unbranched alkanes of at least 4 members (excludes halogenated alkanes) is 3. The first-order valence-electron chi connectivity index (χ1n) is 38.7. The van der Waals surface area contributed by atoms with Crippen molar-refractivity contribution in [1.82, 2.24) is 9.13 Å². The Kier molecular flexibility index (Phi) is 17.4. The zero-order valence-electron chi connectivity index (χ0n) is 64.4. The molecule has 5 nitrogen and oxygen atoms in total. The monoisotopic (exact) mass is 1410 g/mol. The van der Waals surface area contributed by atoms with Crippen LogP contribution in [0.4, 0.5) is 51.2 Å². The predicted octanol–water partition coefficient (Wildman–Crippen LogP) is 26.8. The Labute approximate surface area is 637 Å². The third-order valence-corrected chi connectivity index (χ3v) is 23.9. The molecule has 0 bridgehead atoms. The van der Waals surface area contributed by atoms with Crippen molar-refractivity contribution in [1.29, 1.82) is 0 Å². The lowest BCUT2D eigenvalue weighted by atomic mass is 9.33. The second kappa shape index (κ2) is 26.9. The molecule has 0 fully saturated rings. The van der Waals surface area contributed by atoms with Crippen LogP contribution >= 0.6 is 11.3 Å². The molecule has 0 N–H and O–H groups in total. The van der Waals surface area contributed by atoms with E-state index >= 15 is 0 Å². The van der Waals surface area contributed by atoms with Crippen LogP contribution < -0.4 is 31.1 Å². The number of hydrogen-bond donors (Lipinski definition) is 0. The van der Waals surface area contributed by atoms with E-state index in [-0.39, 0.29) is 28.4 Å². The van der Waals surface area contributed by atoms with Crippen LogP contribution in [-0.4, -0.2) is 15.8 Å². The third-order valence-electron chi connectivity index (χ3n) is 22.7. The summed E-state index contributed by atoms with van der Waals surface area (Å²) >= 11 is 1.87. The van der Waals surface area contributed by atoms with Crippen molar-refractivity contribution in [3.8, 4) is 11.4 Å². The van der Waals surface area contributed by atoms with E-state index in [1.807, 2.05) is 11.3 Å². The fraction of sp³-hybridized carbons (Fsp3) is 0.220. The molecule has 0 atom stereocenters. The molecule has 0 spiro atoms. The highest BCUT2D eigenvalue weighted by Crippen LogP contribution is 2.48. The van der Waals surface area contributed by atoms with E-state index in [9.17, 15) is 0 Å². The molecular formula is C100H96BN5S. The summed E-state index contributed by atoms with van der Waals surface area (Å²) in [5.74, 6) is 0. The number of aryl methyl sites for hydroxylation is 1. The third kappa shape index (κ3) is 12.5. The van der Waals surface area contributed by atoms with Gasteiger partial charge in [0.25, 0.3) is 6.71 Å². The molecule has 5 heterocycles. The molecule has 0 unspecified atom stereocenters. The van der Waals surface area contributed by atoms with Gasteiger partial charge in [-0.1, -0.05) is 255 Å². The summed E-state index contributed by atoms with van der Waals surface area (Å²) in [7, 11) is 0. The van der Waals surface area contributed by atoms with Gasteiger partial charge in [-0.25, -0.2) is 0 Å². The fourth-order valence-electron chi connectivity index (χ4n) is 16.9. The Hall–Kier alpha value is -10.9. The first kappa shape index (κ1) is 69.2. The van der Waals surface area contributed by atoms with Crippen LogP contribution in [0.15, 0.2) is 285 Å². The van der Waals surface area contributed by atoms with Crippen molar-refractivity contribution < 1.29 is 0 Å². The van der Waals surface area contributed by atoms with Crippen molar-refractivity contribution in [2.24, 2.45) is 0 Å². The van der Waals surface area contributed by atoms with E-state index in [0.29, 0.717) is 0 Å².